The summed E-state index contributed by atoms with van der Waals surface area (Å²) < 4.78 is 5.43. The first-order chi connectivity index (χ1) is 7.93. The van der Waals surface area contributed by atoms with Crippen molar-refractivity contribution in [2.45, 2.75) is 25.2 Å². The average Bonchev–Trinajstić information content (AvgIpc) is 3.03. The summed E-state index contributed by atoms with van der Waals surface area (Å²) in [6.45, 7) is 4.29. The van der Waals surface area contributed by atoms with Gasteiger partial charge in [-0.2, -0.15) is 0 Å². The number of hydrogen-bond acceptors (Lipinski definition) is 2. The lowest BCUT2D eigenvalue weighted by Gasteiger charge is -2.18. The normalized spacial score (nSPS) is 25.2. The van der Waals surface area contributed by atoms with E-state index in [2.05, 4.69) is 29.2 Å². The molecule has 1 atom stereocenters. The molecular weight excluding hydrogens is 198 g/mol. The van der Waals surface area contributed by atoms with Crippen LogP contribution in [0.3, 0.4) is 0 Å². The number of nitrogens with zero attached hydrogens (tertiary/aromatic N) is 1. The van der Waals surface area contributed by atoms with Gasteiger partial charge in [-0.05, 0) is 37.0 Å². The molecule has 0 amide bonds. The monoisotopic (exact) mass is 217 g/mol. The Kier molecular flexibility index (Phi) is 2.83. The van der Waals surface area contributed by atoms with Crippen LogP contribution in [0.1, 0.15) is 30.7 Å². The third-order valence-electron chi connectivity index (χ3n) is 3.77. The van der Waals surface area contributed by atoms with E-state index in [-0.39, 0.29) is 0 Å². The zero-order valence-electron chi connectivity index (χ0n) is 9.69. The van der Waals surface area contributed by atoms with Crippen LogP contribution >= 0.6 is 0 Å². The quantitative estimate of drug-likeness (QED) is 0.755. The molecule has 3 rings (SSSR count). The summed E-state index contributed by atoms with van der Waals surface area (Å²) in [5.74, 6) is 0.632. The highest BCUT2D eigenvalue weighted by atomic mass is 16.5. The smallest absolute Gasteiger partial charge is 0.0535 e. The van der Waals surface area contributed by atoms with Crippen LogP contribution in [0.2, 0.25) is 0 Å². The molecule has 2 fully saturated rings. The number of rotatable bonds is 2. The van der Waals surface area contributed by atoms with Gasteiger partial charge in [0.15, 0.2) is 0 Å². The van der Waals surface area contributed by atoms with Crippen LogP contribution < -0.4 is 4.90 Å². The molecule has 0 N–H and O–H groups in total. The van der Waals surface area contributed by atoms with E-state index in [0.29, 0.717) is 5.92 Å². The highest BCUT2D eigenvalue weighted by molar-refractivity contribution is 5.48. The van der Waals surface area contributed by atoms with Crippen LogP contribution in [0.15, 0.2) is 24.3 Å². The Morgan fingerprint density at radius 3 is 2.44 bits per heavy atom. The molecule has 86 valence electrons. The second-order valence-corrected chi connectivity index (χ2v) is 4.85. The second-order valence-electron chi connectivity index (χ2n) is 4.85. The van der Waals surface area contributed by atoms with Crippen molar-refractivity contribution in [3.8, 4) is 0 Å². The van der Waals surface area contributed by atoms with Gasteiger partial charge in [0.2, 0.25) is 0 Å². The van der Waals surface area contributed by atoms with Crippen LogP contribution in [-0.4, -0.2) is 26.3 Å². The van der Waals surface area contributed by atoms with Crippen LogP contribution in [0.4, 0.5) is 5.69 Å². The summed E-state index contributed by atoms with van der Waals surface area (Å²) in [6.07, 6.45) is 3.87. The summed E-state index contributed by atoms with van der Waals surface area (Å²) in [4.78, 5) is 2.48. The number of hydrogen-bond donors (Lipinski definition) is 0. The molecule has 2 nitrogen and oxygen atoms in total. The van der Waals surface area contributed by atoms with Gasteiger partial charge in [-0.3, -0.25) is 0 Å². The zero-order valence-corrected chi connectivity index (χ0v) is 9.69. The highest BCUT2D eigenvalue weighted by Gasteiger charge is 2.18. The Bertz CT molecular complexity index is 299. The summed E-state index contributed by atoms with van der Waals surface area (Å²) in [7, 11) is 0. The fraction of sp³-hybridized carbons (Fsp3) is 0.571. The van der Waals surface area contributed by atoms with Gasteiger partial charge in [0, 0.05) is 31.3 Å². The fourth-order valence-corrected chi connectivity index (χ4v) is 2.73. The highest BCUT2D eigenvalue weighted by Crippen LogP contribution is 2.27. The molecule has 0 aliphatic carbocycles. The summed E-state index contributed by atoms with van der Waals surface area (Å²) in [5, 5.41) is 0. The number of anilines is 1. The maximum Gasteiger partial charge on any atom is 0.0535 e. The Hall–Kier alpha value is -1.02. The van der Waals surface area contributed by atoms with Gasteiger partial charge in [-0.25, -0.2) is 0 Å². The fourth-order valence-electron chi connectivity index (χ4n) is 2.73. The molecule has 2 aliphatic heterocycles. The van der Waals surface area contributed by atoms with E-state index >= 15 is 0 Å². The molecule has 2 saturated heterocycles. The van der Waals surface area contributed by atoms with E-state index in [1.54, 1.807) is 0 Å². The van der Waals surface area contributed by atoms with Gasteiger partial charge in [0.25, 0.3) is 0 Å². The minimum Gasteiger partial charge on any atom is -0.381 e. The van der Waals surface area contributed by atoms with Gasteiger partial charge in [0.05, 0.1) is 6.61 Å². The molecule has 16 heavy (non-hydrogen) atoms. The Morgan fingerprint density at radius 2 is 1.81 bits per heavy atom. The Labute approximate surface area is 97.2 Å². The molecule has 0 saturated carbocycles. The van der Waals surface area contributed by atoms with Gasteiger partial charge >= 0.3 is 0 Å². The van der Waals surface area contributed by atoms with Gasteiger partial charge in [-0.1, -0.05) is 12.1 Å². The lowest BCUT2D eigenvalue weighted by Crippen LogP contribution is -2.17. The first kappa shape index (κ1) is 10.2. The molecule has 2 heteroatoms. The van der Waals surface area contributed by atoms with Crippen LogP contribution in [0, 0.1) is 0 Å². The molecule has 2 aliphatic rings. The zero-order chi connectivity index (χ0) is 10.8. The summed E-state index contributed by atoms with van der Waals surface area (Å²) >= 11 is 0. The predicted octanol–water partition coefficient (Wildman–Crippen LogP) is 2.79. The predicted molar refractivity (Wildman–Crippen MR) is 66.1 cm³/mol. The number of ether oxygens (including phenoxy) is 1. The first-order valence-electron chi connectivity index (χ1n) is 6.36. The topological polar surface area (TPSA) is 12.5 Å². The van der Waals surface area contributed by atoms with Crippen molar-refractivity contribution in [3.63, 3.8) is 0 Å². The van der Waals surface area contributed by atoms with E-state index in [0.717, 1.165) is 13.2 Å². The van der Waals surface area contributed by atoms with Crippen molar-refractivity contribution in [2.75, 3.05) is 31.2 Å². The molecule has 1 aromatic rings. The minimum absolute atomic E-state index is 0.632. The molecule has 0 aromatic heterocycles. The van der Waals surface area contributed by atoms with Gasteiger partial charge in [-0.15, -0.1) is 0 Å². The maximum atomic E-state index is 5.43. The van der Waals surface area contributed by atoms with Crippen molar-refractivity contribution in [1.29, 1.82) is 0 Å². The summed E-state index contributed by atoms with van der Waals surface area (Å²) in [5.41, 5.74) is 2.83. The van der Waals surface area contributed by atoms with E-state index < -0.39 is 0 Å². The van der Waals surface area contributed by atoms with Crippen LogP contribution in [0.5, 0.6) is 0 Å². The maximum absolute atomic E-state index is 5.43. The van der Waals surface area contributed by atoms with E-state index in [4.69, 9.17) is 4.74 Å². The second kappa shape index (κ2) is 4.46. The van der Waals surface area contributed by atoms with Crippen molar-refractivity contribution in [1.82, 2.24) is 0 Å². The molecule has 0 bridgehead atoms. The lowest BCUT2D eigenvalue weighted by molar-refractivity contribution is 0.194. The Balaban J connectivity index is 1.73. The molecular formula is C14H19NO. The largest absolute Gasteiger partial charge is 0.381 e. The third kappa shape index (κ3) is 1.94. The van der Waals surface area contributed by atoms with Crippen LogP contribution in [-0.2, 0) is 4.74 Å². The number of benzene rings is 1. The van der Waals surface area contributed by atoms with Crippen molar-refractivity contribution >= 4 is 5.69 Å². The standard InChI is InChI=1S/C14H19NO/c1-2-9-15(8-1)14-5-3-12(4-6-14)13-7-10-16-11-13/h3-6,13H,1-2,7-11H2/t13-/m1/s1. The van der Waals surface area contributed by atoms with Crippen molar-refractivity contribution in [2.24, 2.45) is 0 Å². The lowest BCUT2D eigenvalue weighted by atomic mass is 9.98. The molecule has 2 heterocycles. The molecule has 1 aromatic carbocycles. The third-order valence-corrected chi connectivity index (χ3v) is 3.77. The SMILES string of the molecule is c1cc(N2CCCC2)ccc1[C@@H]1CCOC1. The van der Waals surface area contributed by atoms with Crippen LogP contribution in [0.25, 0.3) is 0 Å². The first-order valence-corrected chi connectivity index (χ1v) is 6.36. The molecule has 0 radical (unpaired) electrons. The molecule has 0 spiro atoms. The minimum atomic E-state index is 0.632. The summed E-state index contributed by atoms with van der Waals surface area (Å²) in [6, 6.07) is 9.12. The van der Waals surface area contributed by atoms with Gasteiger partial charge in [0.1, 0.15) is 0 Å². The Morgan fingerprint density at radius 1 is 1.06 bits per heavy atom. The van der Waals surface area contributed by atoms with E-state index in [1.165, 1.54) is 43.6 Å². The average molecular weight is 217 g/mol. The van der Waals surface area contributed by atoms with Crippen molar-refractivity contribution in [3.05, 3.63) is 29.8 Å². The van der Waals surface area contributed by atoms with Gasteiger partial charge < -0.3 is 9.64 Å². The van der Waals surface area contributed by atoms with Crippen molar-refractivity contribution < 1.29 is 4.74 Å². The molecule has 0 unspecified atom stereocenters. The van der Waals surface area contributed by atoms with E-state index in [9.17, 15) is 0 Å². The van der Waals surface area contributed by atoms with E-state index in [1.807, 2.05) is 0 Å².